The Kier molecular flexibility index (Phi) is 5.40. The number of hydrogen-bond donors (Lipinski definition) is 1. The van der Waals surface area contributed by atoms with E-state index in [1.807, 2.05) is 30.1 Å². The summed E-state index contributed by atoms with van der Waals surface area (Å²) in [7, 11) is 1.95. The Labute approximate surface area is 128 Å². The van der Waals surface area contributed by atoms with Crippen LogP contribution in [0, 0.1) is 5.41 Å². The first-order valence-electron chi connectivity index (χ1n) is 8.11. The van der Waals surface area contributed by atoms with Crippen molar-refractivity contribution < 1.29 is 4.79 Å². The molecule has 0 saturated carbocycles. The first kappa shape index (κ1) is 16.0. The van der Waals surface area contributed by atoms with Crippen molar-refractivity contribution in [1.82, 2.24) is 10.2 Å². The molecule has 2 rings (SSSR count). The molecular weight excluding hydrogens is 260 g/mol. The fourth-order valence-corrected chi connectivity index (χ4v) is 2.98. The van der Waals surface area contributed by atoms with Crippen LogP contribution >= 0.6 is 0 Å². The zero-order chi connectivity index (χ0) is 15.3. The van der Waals surface area contributed by atoms with E-state index in [1.54, 1.807) is 0 Å². The average Bonchev–Trinajstić information content (AvgIpc) is 2.53. The molecule has 1 heterocycles. The minimum Gasteiger partial charge on any atom is -0.339 e. The van der Waals surface area contributed by atoms with Crippen molar-refractivity contribution in [2.75, 3.05) is 26.7 Å². The van der Waals surface area contributed by atoms with Crippen LogP contribution in [0.1, 0.15) is 49.0 Å². The molecule has 1 aliphatic rings. The van der Waals surface area contributed by atoms with Crippen LogP contribution < -0.4 is 5.32 Å². The molecule has 21 heavy (non-hydrogen) atoms. The minimum atomic E-state index is 0.208. The van der Waals surface area contributed by atoms with Gasteiger partial charge in [0.15, 0.2) is 0 Å². The van der Waals surface area contributed by atoms with E-state index in [4.69, 9.17) is 0 Å². The Morgan fingerprint density at radius 1 is 1.29 bits per heavy atom. The number of carbonyl (C=O) groups is 1. The lowest BCUT2D eigenvalue weighted by atomic mass is 9.78. The molecule has 1 amide bonds. The highest BCUT2D eigenvalue weighted by Crippen LogP contribution is 2.34. The molecular formula is C18H28N2O. The van der Waals surface area contributed by atoms with Gasteiger partial charge in [-0.15, -0.1) is 0 Å². The summed E-state index contributed by atoms with van der Waals surface area (Å²) in [4.78, 5) is 14.8. The smallest absolute Gasteiger partial charge is 0.254 e. The van der Waals surface area contributed by atoms with E-state index in [2.05, 4.69) is 25.2 Å². The van der Waals surface area contributed by atoms with Gasteiger partial charge in [-0.1, -0.05) is 38.5 Å². The van der Waals surface area contributed by atoms with Gasteiger partial charge in [0.2, 0.25) is 0 Å². The Hall–Kier alpha value is -1.35. The van der Waals surface area contributed by atoms with Crippen molar-refractivity contribution in [3.8, 4) is 0 Å². The van der Waals surface area contributed by atoms with E-state index in [1.165, 1.54) is 6.42 Å². The lowest BCUT2D eigenvalue weighted by Crippen LogP contribution is -2.42. The maximum Gasteiger partial charge on any atom is 0.254 e. The number of carbonyl (C=O) groups excluding carboxylic acids is 1. The molecule has 0 aliphatic carbocycles. The number of amides is 1. The quantitative estimate of drug-likeness (QED) is 0.903. The summed E-state index contributed by atoms with van der Waals surface area (Å²) in [6.45, 7) is 7.28. The monoisotopic (exact) mass is 288 g/mol. The molecule has 1 aromatic rings. The standard InChI is InChI=1S/C18H28N2O/c1-4-18(2)10-13-20(14-11-18)17(21)16-8-6-5-7-15(16)9-12-19-3/h5-8,19H,4,9-14H2,1-3H3. The average molecular weight is 288 g/mol. The second-order valence-corrected chi connectivity index (χ2v) is 6.47. The van der Waals surface area contributed by atoms with Crippen LogP contribution in [0.25, 0.3) is 0 Å². The van der Waals surface area contributed by atoms with Gasteiger partial charge in [-0.3, -0.25) is 4.79 Å². The second kappa shape index (κ2) is 7.08. The Balaban J connectivity index is 2.07. The van der Waals surface area contributed by atoms with Gasteiger partial charge in [0.05, 0.1) is 0 Å². The normalized spacial score (nSPS) is 17.8. The molecule has 1 aliphatic heterocycles. The van der Waals surface area contributed by atoms with E-state index in [0.29, 0.717) is 5.41 Å². The predicted octanol–water partition coefficient (Wildman–Crippen LogP) is 3.10. The van der Waals surface area contributed by atoms with Crippen molar-refractivity contribution in [1.29, 1.82) is 0 Å². The second-order valence-electron chi connectivity index (χ2n) is 6.47. The summed E-state index contributed by atoms with van der Waals surface area (Å²) < 4.78 is 0. The molecule has 1 saturated heterocycles. The summed E-state index contributed by atoms with van der Waals surface area (Å²) in [5.74, 6) is 0.208. The van der Waals surface area contributed by atoms with Crippen molar-refractivity contribution in [2.45, 2.75) is 39.5 Å². The Bertz CT molecular complexity index is 476. The topological polar surface area (TPSA) is 32.3 Å². The lowest BCUT2D eigenvalue weighted by Gasteiger charge is -2.39. The molecule has 116 valence electrons. The van der Waals surface area contributed by atoms with Crippen LogP contribution in [0.15, 0.2) is 24.3 Å². The van der Waals surface area contributed by atoms with Crippen LogP contribution in [0.4, 0.5) is 0 Å². The number of likely N-dealkylation sites (N-methyl/N-ethyl adjacent to an activating group) is 1. The van der Waals surface area contributed by atoms with E-state index in [0.717, 1.165) is 50.0 Å². The molecule has 0 spiro atoms. The van der Waals surface area contributed by atoms with Crippen molar-refractivity contribution in [3.63, 3.8) is 0 Å². The van der Waals surface area contributed by atoms with Crippen molar-refractivity contribution in [3.05, 3.63) is 35.4 Å². The van der Waals surface area contributed by atoms with Crippen LogP contribution in [0.5, 0.6) is 0 Å². The van der Waals surface area contributed by atoms with Gasteiger partial charge >= 0.3 is 0 Å². The van der Waals surface area contributed by atoms with Crippen molar-refractivity contribution >= 4 is 5.91 Å². The zero-order valence-electron chi connectivity index (χ0n) is 13.6. The molecule has 1 fully saturated rings. The molecule has 0 bridgehead atoms. The predicted molar refractivity (Wildman–Crippen MR) is 87.6 cm³/mol. The van der Waals surface area contributed by atoms with E-state index < -0.39 is 0 Å². The Morgan fingerprint density at radius 3 is 2.57 bits per heavy atom. The van der Waals surface area contributed by atoms with Gasteiger partial charge in [0, 0.05) is 18.7 Å². The summed E-state index contributed by atoms with van der Waals surface area (Å²) in [6, 6.07) is 8.04. The summed E-state index contributed by atoms with van der Waals surface area (Å²) in [6.07, 6.45) is 4.34. The number of nitrogens with zero attached hydrogens (tertiary/aromatic N) is 1. The molecule has 0 radical (unpaired) electrons. The van der Waals surface area contributed by atoms with Crippen LogP contribution in [-0.2, 0) is 6.42 Å². The third kappa shape index (κ3) is 3.85. The van der Waals surface area contributed by atoms with E-state index >= 15 is 0 Å². The maximum atomic E-state index is 12.8. The van der Waals surface area contributed by atoms with E-state index in [-0.39, 0.29) is 5.91 Å². The van der Waals surface area contributed by atoms with Crippen molar-refractivity contribution in [2.24, 2.45) is 5.41 Å². The minimum absolute atomic E-state index is 0.208. The third-order valence-corrected chi connectivity index (χ3v) is 5.00. The number of nitrogens with one attached hydrogen (secondary N) is 1. The molecule has 3 heteroatoms. The van der Waals surface area contributed by atoms with Gasteiger partial charge in [-0.25, -0.2) is 0 Å². The van der Waals surface area contributed by atoms with Crippen LogP contribution in [0.2, 0.25) is 0 Å². The largest absolute Gasteiger partial charge is 0.339 e. The molecule has 1 N–H and O–H groups in total. The SMILES string of the molecule is CCC1(C)CCN(C(=O)c2ccccc2CCNC)CC1. The molecule has 0 aromatic heterocycles. The van der Waals surface area contributed by atoms with Crippen LogP contribution in [-0.4, -0.2) is 37.5 Å². The highest BCUT2D eigenvalue weighted by molar-refractivity contribution is 5.95. The fraction of sp³-hybridized carbons (Fsp3) is 0.611. The Morgan fingerprint density at radius 2 is 1.95 bits per heavy atom. The number of benzene rings is 1. The highest BCUT2D eigenvalue weighted by atomic mass is 16.2. The number of likely N-dealkylation sites (tertiary alicyclic amines) is 1. The van der Waals surface area contributed by atoms with Gasteiger partial charge in [0.25, 0.3) is 5.91 Å². The number of piperidine rings is 1. The first-order chi connectivity index (χ1) is 10.1. The number of hydrogen-bond acceptors (Lipinski definition) is 2. The third-order valence-electron chi connectivity index (χ3n) is 5.00. The summed E-state index contributed by atoms with van der Waals surface area (Å²) >= 11 is 0. The molecule has 3 nitrogen and oxygen atoms in total. The van der Waals surface area contributed by atoms with Gasteiger partial charge in [0.1, 0.15) is 0 Å². The van der Waals surface area contributed by atoms with Gasteiger partial charge in [-0.05, 0) is 49.9 Å². The van der Waals surface area contributed by atoms with Gasteiger partial charge < -0.3 is 10.2 Å². The molecule has 0 unspecified atom stereocenters. The lowest BCUT2D eigenvalue weighted by molar-refractivity contribution is 0.0599. The zero-order valence-corrected chi connectivity index (χ0v) is 13.6. The summed E-state index contributed by atoms with van der Waals surface area (Å²) in [5, 5.41) is 3.16. The summed E-state index contributed by atoms with van der Waals surface area (Å²) in [5.41, 5.74) is 2.45. The molecule has 1 aromatic carbocycles. The van der Waals surface area contributed by atoms with E-state index in [9.17, 15) is 4.79 Å². The highest BCUT2D eigenvalue weighted by Gasteiger charge is 2.31. The maximum absolute atomic E-state index is 12.8. The van der Waals surface area contributed by atoms with Crippen LogP contribution in [0.3, 0.4) is 0 Å². The fourth-order valence-electron chi connectivity index (χ4n) is 2.98. The number of rotatable bonds is 5. The first-order valence-corrected chi connectivity index (χ1v) is 8.11. The molecule has 0 atom stereocenters. The van der Waals surface area contributed by atoms with Gasteiger partial charge in [-0.2, -0.15) is 0 Å².